The van der Waals surface area contributed by atoms with Gasteiger partial charge in [0.25, 0.3) is 0 Å². The fourth-order valence-corrected chi connectivity index (χ4v) is 1.68. The van der Waals surface area contributed by atoms with Gasteiger partial charge >= 0.3 is 0 Å². The minimum Gasteiger partial charge on any atom is -0.384 e. The summed E-state index contributed by atoms with van der Waals surface area (Å²) in [7, 11) is 1.54. The van der Waals surface area contributed by atoms with E-state index in [9.17, 15) is 4.39 Å². The molecule has 0 spiro atoms. The van der Waals surface area contributed by atoms with E-state index in [1.54, 1.807) is 25.3 Å². The van der Waals surface area contributed by atoms with Gasteiger partial charge in [-0.2, -0.15) is 0 Å². The van der Waals surface area contributed by atoms with Crippen LogP contribution in [-0.4, -0.2) is 17.1 Å². The largest absolute Gasteiger partial charge is 0.384 e. The van der Waals surface area contributed by atoms with Crippen LogP contribution in [0.5, 0.6) is 0 Å². The van der Waals surface area contributed by atoms with Gasteiger partial charge in [-0.15, -0.1) is 0 Å². The molecule has 18 heavy (non-hydrogen) atoms. The first-order chi connectivity index (χ1) is 8.60. The highest BCUT2D eigenvalue weighted by Crippen LogP contribution is 2.23. The number of halogens is 1. The lowest BCUT2D eigenvalue weighted by Crippen LogP contribution is -2.03. The molecule has 5 heteroatoms. The molecule has 2 rings (SSSR count). The molecule has 0 fully saturated rings. The standard InChI is InChI=1S/C13H14FN3O/c1-8-3-4-10(14)9(5-8)11-6-12(15)17-13(16-11)7-18-2/h3-6H,7H2,1-2H3,(H2,15,16,17). The van der Waals surface area contributed by atoms with E-state index in [-0.39, 0.29) is 12.4 Å². The second-order valence-corrected chi connectivity index (χ2v) is 4.01. The van der Waals surface area contributed by atoms with Crippen LogP contribution >= 0.6 is 0 Å². The van der Waals surface area contributed by atoms with Gasteiger partial charge in [-0.3, -0.25) is 0 Å². The molecular formula is C13H14FN3O. The van der Waals surface area contributed by atoms with Crippen molar-refractivity contribution in [1.82, 2.24) is 9.97 Å². The minimum absolute atomic E-state index is 0.242. The van der Waals surface area contributed by atoms with Crippen LogP contribution in [0.4, 0.5) is 10.2 Å². The number of nitrogens with zero attached hydrogens (tertiary/aromatic N) is 2. The fourth-order valence-electron chi connectivity index (χ4n) is 1.68. The molecule has 2 N–H and O–H groups in total. The van der Waals surface area contributed by atoms with E-state index in [0.717, 1.165) is 5.56 Å². The third-order valence-corrected chi connectivity index (χ3v) is 2.46. The third kappa shape index (κ3) is 2.62. The molecule has 0 aliphatic rings. The number of hydrogen-bond acceptors (Lipinski definition) is 4. The van der Waals surface area contributed by atoms with Crippen LogP contribution in [-0.2, 0) is 11.3 Å². The summed E-state index contributed by atoms with van der Waals surface area (Å²) in [5, 5.41) is 0. The average Bonchev–Trinajstić information content (AvgIpc) is 2.32. The Morgan fingerprint density at radius 2 is 2.06 bits per heavy atom. The van der Waals surface area contributed by atoms with Gasteiger partial charge < -0.3 is 10.5 Å². The number of aryl methyl sites for hydroxylation is 1. The fraction of sp³-hybridized carbons (Fsp3) is 0.231. The Morgan fingerprint density at radius 3 is 2.78 bits per heavy atom. The van der Waals surface area contributed by atoms with Gasteiger partial charge in [0, 0.05) is 18.7 Å². The van der Waals surface area contributed by atoms with Crippen molar-refractivity contribution in [2.75, 3.05) is 12.8 Å². The van der Waals surface area contributed by atoms with Crippen LogP contribution in [0.1, 0.15) is 11.4 Å². The maximum absolute atomic E-state index is 13.8. The molecule has 0 bridgehead atoms. The van der Waals surface area contributed by atoms with Crippen molar-refractivity contribution in [3.63, 3.8) is 0 Å². The topological polar surface area (TPSA) is 61.0 Å². The SMILES string of the molecule is COCc1nc(N)cc(-c2cc(C)ccc2F)n1. The quantitative estimate of drug-likeness (QED) is 0.904. The predicted molar refractivity (Wildman–Crippen MR) is 67.3 cm³/mol. The molecule has 4 nitrogen and oxygen atoms in total. The zero-order valence-corrected chi connectivity index (χ0v) is 10.3. The van der Waals surface area contributed by atoms with Crippen molar-refractivity contribution in [2.24, 2.45) is 0 Å². The van der Waals surface area contributed by atoms with E-state index < -0.39 is 0 Å². The monoisotopic (exact) mass is 247 g/mol. The Labute approximate surface area is 105 Å². The Balaban J connectivity index is 2.52. The molecule has 1 aromatic carbocycles. The van der Waals surface area contributed by atoms with Crippen LogP contribution in [0.25, 0.3) is 11.3 Å². The van der Waals surface area contributed by atoms with Gasteiger partial charge in [-0.25, -0.2) is 14.4 Å². The zero-order chi connectivity index (χ0) is 13.1. The highest BCUT2D eigenvalue weighted by Gasteiger charge is 2.09. The summed E-state index contributed by atoms with van der Waals surface area (Å²) in [6.45, 7) is 2.13. The molecule has 1 heterocycles. The van der Waals surface area contributed by atoms with E-state index >= 15 is 0 Å². The summed E-state index contributed by atoms with van der Waals surface area (Å²) in [5.41, 5.74) is 7.53. The second-order valence-electron chi connectivity index (χ2n) is 4.01. The molecule has 94 valence electrons. The molecule has 0 saturated heterocycles. The first kappa shape index (κ1) is 12.4. The van der Waals surface area contributed by atoms with Gasteiger partial charge in [-0.1, -0.05) is 11.6 Å². The van der Waals surface area contributed by atoms with Crippen LogP contribution in [0.3, 0.4) is 0 Å². The Morgan fingerprint density at radius 1 is 1.28 bits per heavy atom. The molecule has 0 aliphatic heterocycles. The first-order valence-electron chi connectivity index (χ1n) is 5.49. The number of nitrogens with two attached hydrogens (primary N) is 1. The highest BCUT2D eigenvalue weighted by atomic mass is 19.1. The van der Waals surface area contributed by atoms with Crippen molar-refractivity contribution in [3.8, 4) is 11.3 Å². The summed E-state index contributed by atoms with van der Waals surface area (Å²) in [6, 6.07) is 6.41. The highest BCUT2D eigenvalue weighted by molar-refractivity contribution is 5.63. The molecule has 2 aromatic rings. The number of benzene rings is 1. The smallest absolute Gasteiger partial charge is 0.157 e. The normalized spacial score (nSPS) is 10.6. The van der Waals surface area contributed by atoms with Crippen molar-refractivity contribution < 1.29 is 9.13 Å². The Kier molecular flexibility index (Phi) is 3.53. The Bertz CT molecular complexity index is 572. The molecule has 0 amide bonds. The first-order valence-corrected chi connectivity index (χ1v) is 5.49. The van der Waals surface area contributed by atoms with Crippen LogP contribution in [0.15, 0.2) is 24.3 Å². The molecule has 0 radical (unpaired) electrons. The second kappa shape index (κ2) is 5.10. The van der Waals surface area contributed by atoms with E-state index in [1.807, 2.05) is 6.92 Å². The van der Waals surface area contributed by atoms with E-state index in [1.165, 1.54) is 6.07 Å². The van der Waals surface area contributed by atoms with E-state index in [4.69, 9.17) is 10.5 Å². The third-order valence-electron chi connectivity index (χ3n) is 2.46. The molecular weight excluding hydrogens is 233 g/mol. The number of nitrogen functional groups attached to an aromatic ring is 1. The van der Waals surface area contributed by atoms with Crippen molar-refractivity contribution in [2.45, 2.75) is 13.5 Å². The number of ether oxygens (including phenoxy) is 1. The van der Waals surface area contributed by atoms with Crippen molar-refractivity contribution in [1.29, 1.82) is 0 Å². The molecule has 0 aliphatic carbocycles. The van der Waals surface area contributed by atoms with Crippen molar-refractivity contribution >= 4 is 5.82 Å². The number of rotatable bonds is 3. The van der Waals surface area contributed by atoms with Gasteiger partial charge in [-0.05, 0) is 19.1 Å². The van der Waals surface area contributed by atoms with Crippen LogP contribution < -0.4 is 5.73 Å². The van der Waals surface area contributed by atoms with Crippen LogP contribution in [0, 0.1) is 12.7 Å². The lowest BCUT2D eigenvalue weighted by atomic mass is 10.1. The number of methoxy groups -OCH3 is 1. The predicted octanol–water partition coefficient (Wildman–Crippen LogP) is 2.32. The maximum Gasteiger partial charge on any atom is 0.157 e. The molecule has 1 aromatic heterocycles. The van der Waals surface area contributed by atoms with Gasteiger partial charge in [0.2, 0.25) is 0 Å². The average molecular weight is 247 g/mol. The molecule has 0 saturated carbocycles. The van der Waals surface area contributed by atoms with Gasteiger partial charge in [0.05, 0.1) is 5.69 Å². The minimum atomic E-state index is -0.331. The lowest BCUT2D eigenvalue weighted by molar-refractivity contribution is 0.178. The van der Waals surface area contributed by atoms with Crippen molar-refractivity contribution in [3.05, 3.63) is 41.5 Å². The summed E-state index contributed by atoms with van der Waals surface area (Å²) in [6.07, 6.45) is 0. The number of anilines is 1. The number of aromatic nitrogens is 2. The summed E-state index contributed by atoms with van der Waals surface area (Å²) < 4.78 is 18.7. The van der Waals surface area contributed by atoms with E-state index in [2.05, 4.69) is 9.97 Å². The molecule has 0 unspecified atom stereocenters. The lowest BCUT2D eigenvalue weighted by Gasteiger charge is -2.07. The van der Waals surface area contributed by atoms with E-state index in [0.29, 0.717) is 22.9 Å². The summed E-state index contributed by atoms with van der Waals surface area (Å²) >= 11 is 0. The maximum atomic E-state index is 13.8. The summed E-state index contributed by atoms with van der Waals surface area (Å²) in [5.74, 6) is 0.406. The number of hydrogen-bond donors (Lipinski definition) is 1. The Hall–Kier alpha value is -2.01. The summed E-state index contributed by atoms with van der Waals surface area (Å²) in [4.78, 5) is 8.26. The van der Waals surface area contributed by atoms with Gasteiger partial charge in [0.15, 0.2) is 5.82 Å². The zero-order valence-electron chi connectivity index (χ0n) is 10.3. The van der Waals surface area contributed by atoms with Gasteiger partial charge in [0.1, 0.15) is 18.2 Å². The molecule has 0 atom stereocenters. The van der Waals surface area contributed by atoms with Crippen LogP contribution in [0.2, 0.25) is 0 Å².